The van der Waals surface area contributed by atoms with Crippen molar-refractivity contribution < 1.29 is 4.79 Å². The largest absolute Gasteiger partial charge is 0.369 e. The van der Waals surface area contributed by atoms with Crippen molar-refractivity contribution in [3.63, 3.8) is 0 Å². The molecule has 0 atom stereocenters. The lowest BCUT2D eigenvalue weighted by Gasteiger charge is -2.36. The molecule has 0 radical (unpaired) electrons. The number of rotatable bonds is 7. The smallest absolute Gasteiger partial charge is 0.224 e. The topological polar surface area (TPSA) is 57.5 Å². The second-order valence-corrected chi connectivity index (χ2v) is 7.20. The summed E-state index contributed by atoms with van der Waals surface area (Å²) in [6.07, 6.45) is 2.25. The quantitative estimate of drug-likeness (QED) is 0.744. The van der Waals surface area contributed by atoms with Crippen LogP contribution in [0, 0.1) is 6.92 Å². The van der Waals surface area contributed by atoms with Gasteiger partial charge in [0.15, 0.2) is 5.82 Å². The van der Waals surface area contributed by atoms with Gasteiger partial charge in [-0.1, -0.05) is 12.1 Å². The van der Waals surface area contributed by atoms with Crippen LogP contribution < -0.4 is 4.90 Å². The average Bonchev–Trinajstić information content (AvgIpc) is 3.13. The third-order valence-electron chi connectivity index (χ3n) is 5.22. The van der Waals surface area contributed by atoms with Gasteiger partial charge in [-0.05, 0) is 31.5 Å². The number of aryl methyl sites for hydroxylation is 2. The van der Waals surface area contributed by atoms with Crippen LogP contribution in [0.5, 0.6) is 0 Å². The lowest BCUT2D eigenvalue weighted by atomic mass is 10.2. The van der Waals surface area contributed by atoms with Crippen molar-refractivity contribution in [2.45, 2.75) is 33.4 Å². The fraction of sp³-hybridized carbons (Fsp3) is 0.550. The van der Waals surface area contributed by atoms with Gasteiger partial charge in [-0.2, -0.15) is 0 Å². The lowest BCUT2D eigenvalue weighted by Crippen LogP contribution is -2.47. The Labute approximate surface area is 161 Å². The van der Waals surface area contributed by atoms with Crippen LogP contribution in [-0.2, 0) is 17.9 Å². The summed E-state index contributed by atoms with van der Waals surface area (Å²) in [5.74, 6) is 0.988. The Hall–Kier alpha value is -2.41. The van der Waals surface area contributed by atoms with E-state index in [1.807, 2.05) is 18.5 Å². The van der Waals surface area contributed by atoms with Crippen molar-refractivity contribution in [3.05, 3.63) is 42.0 Å². The zero-order chi connectivity index (χ0) is 19.2. The van der Waals surface area contributed by atoms with Crippen LogP contribution >= 0.6 is 0 Å². The van der Waals surface area contributed by atoms with Crippen LogP contribution in [0.3, 0.4) is 0 Å². The van der Waals surface area contributed by atoms with Crippen LogP contribution in [0.2, 0.25) is 0 Å². The van der Waals surface area contributed by atoms with Gasteiger partial charge in [0.2, 0.25) is 5.91 Å². The van der Waals surface area contributed by atoms with Gasteiger partial charge in [0.05, 0.1) is 6.54 Å². The first kappa shape index (κ1) is 19.4. The molecule has 7 heteroatoms. The molecule has 1 aromatic heterocycles. The van der Waals surface area contributed by atoms with E-state index in [9.17, 15) is 4.79 Å². The third kappa shape index (κ3) is 5.07. The fourth-order valence-electron chi connectivity index (χ4n) is 3.46. The van der Waals surface area contributed by atoms with Gasteiger partial charge in [-0.25, -0.2) is 0 Å². The van der Waals surface area contributed by atoms with Gasteiger partial charge in [-0.15, -0.1) is 10.2 Å². The molecule has 0 unspecified atom stereocenters. The Morgan fingerprint density at radius 2 is 2.00 bits per heavy atom. The number of carbonyl (C=O) groups excluding carboxylic acids is 1. The number of nitrogens with zero attached hydrogens (tertiary/aromatic N) is 6. The van der Waals surface area contributed by atoms with E-state index >= 15 is 0 Å². The minimum absolute atomic E-state index is 0.154. The van der Waals surface area contributed by atoms with Gasteiger partial charge in [-0.3, -0.25) is 9.69 Å². The predicted octanol–water partition coefficient (Wildman–Crippen LogP) is 1.78. The first-order valence-corrected chi connectivity index (χ1v) is 9.71. The summed E-state index contributed by atoms with van der Waals surface area (Å²) in [5, 5.41) is 8.03. The van der Waals surface area contributed by atoms with E-state index < -0.39 is 0 Å². The first-order chi connectivity index (χ1) is 13.1. The normalized spacial score (nSPS) is 15.1. The van der Waals surface area contributed by atoms with Crippen molar-refractivity contribution in [3.8, 4) is 0 Å². The Bertz CT molecular complexity index is 750. The molecule has 1 aliphatic heterocycles. The molecule has 0 saturated carbocycles. The van der Waals surface area contributed by atoms with E-state index in [2.05, 4.69) is 51.2 Å². The van der Waals surface area contributed by atoms with E-state index in [4.69, 9.17) is 0 Å². The molecule has 1 aliphatic rings. The number of carbonyl (C=O) groups is 1. The molecule has 0 N–H and O–H groups in total. The van der Waals surface area contributed by atoms with Crippen LogP contribution in [0.15, 0.2) is 30.6 Å². The fourth-order valence-corrected chi connectivity index (χ4v) is 3.46. The highest BCUT2D eigenvalue weighted by Gasteiger charge is 2.19. The number of piperazine rings is 1. The number of aromatic nitrogens is 3. The molecule has 1 fully saturated rings. The summed E-state index contributed by atoms with van der Waals surface area (Å²) in [7, 11) is 1.84. The average molecular weight is 371 g/mol. The standard InChI is InChI=1S/C20H30N6O/c1-4-25-16-21-22-19(25)15-23(3)20(27)8-9-24-10-12-26(13-11-24)18-7-5-6-17(2)14-18/h5-7,14,16H,4,8-13,15H2,1-3H3. The molecule has 0 spiro atoms. The monoisotopic (exact) mass is 370 g/mol. The second kappa shape index (κ2) is 8.99. The van der Waals surface area contributed by atoms with E-state index in [1.165, 1.54) is 11.3 Å². The van der Waals surface area contributed by atoms with Crippen LogP contribution in [0.1, 0.15) is 24.7 Å². The third-order valence-corrected chi connectivity index (χ3v) is 5.22. The molecular formula is C20H30N6O. The van der Waals surface area contributed by atoms with Crippen LogP contribution in [-0.4, -0.2) is 70.2 Å². The zero-order valence-corrected chi connectivity index (χ0v) is 16.6. The highest BCUT2D eigenvalue weighted by Crippen LogP contribution is 2.18. The minimum atomic E-state index is 0.154. The molecule has 0 bridgehead atoms. The maximum absolute atomic E-state index is 12.5. The van der Waals surface area contributed by atoms with Gasteiger partial charge in [0.1, 0.15) is 6.33 Å². The maximum Gasteiger partial charge on any atom is 0.224 e. The molecule has 2 aromatic rings. The summed E-state index contributed by atoms with van der Waals surface area (Å²) in [5.41, 5.74) is 2.59. The first-order valence-electron chi connectivity index (χ1n) is 9.71. The van der Waals surface area contributed by atoms with E-state index in [1.54, 1.807) is 11.2 Å². The van der Waals surface area contributed by atoms with Gasteiger partial charge >= 0.3 is 0 Å². The summed E-state index contributed by atoms with van der Waals surface area (Å²) < 4.78 is 1.97. The van der Waals surface area contributed by atoms with E-state index in [0.29, 0.717) is 13.0 Å². The molecule has 146 valence electrons. The number of hydrogen-bond acceptors (Lipinski definition) is 5. The van der Waals surface area contributed by atoms with E-state index in [-0.39, 0.29) is 5.91 Å². The summed E-state index contributed by atoms with van der Waals surface area (Å²) >= 11 is 0. The second-order valence-electron chi connectivity index (χ2n) is 7.20. The highest BCUT2D eigenvalue weighted by molar-refractivity contribution is 5.76. The number of amides is 1. The molecule has 3 rings (SSSR count). The summed E-state index contributed by atoms with van der Waals surface area (Å²) in [4.78, 5) is 19.0. The Balaban J connectivity index is 1.42. The molecule has 7 nitrogen and oxygen atoms in total. The summed E-state index contributed by atoms with van der Waals surface area (Å²) in [6.45, 7) is 10.3. The molecule has 1 saturated heterocycles. The summed E-state index contributed by atoms with van der Waals surface area (Å²) in [6, 6.07) is 8.66. The molecule has 0 aliphatic carbocycles. The van der Waals surface area contributed by atoms with Crippen LogP contribution in [0.25, 0.3) is 0 Å². The number of hydrogen-bond donors (Lipinski definition) is 0. The molecule has 27 heavy (non-hydrogen) atoms. The SMILES string of the molecule is CCn1cnnc1CN(C)C(=O)CCN1CCN(c2cccc(C)c2)CC1. The van der Waals surface area contributed by atoms with Crippen molar-refractivity contribution in [2.24, 2.45) is 0 Å². The maximum atomic E-state index is 12.5. The van der Waals surface area contributed by atoms with Crippen molar-refractivity contribution in [1.82, 2.24) is 24.6 Å². The zero-order valence-electron chi connectivity index (χ0n) is 16.6. The van der Waals surface area contributed by atoms with Gasteiger partial charge < -0.3 is 14.4 Å². The molecule has 2 heterocycles. The van der Waals surface area contributed by atoms with Crippen molar-refractivity contribution >= 4 is 11.6 Å². The molecule has 1 amide bonds. The van der Waals surface area contributed by atoms with Crippen LogP contribution in [0.4, 0.5) is 5.69 Å². The minimum Gasteiger partial charge on any atom is -0.369 e. The Morgan fingerprint density at radius 3 is 2.70 bits per heavy atom. The predicted molar refractivity (Wildman–Crippen MR) is 107 cm³/mol. The molecule has 1 aromatic carbocycles. The highest BCUT2D eigenvalue weighted by atomic mass is 16.2. The molecular weight excluding hydrogens is 340 g/mol. The van der Waals surface area contributed by atoms with Crippen molar-refractivity contribution in [1.29, 1.82) is 0 Å². The lowest BCUT2D eigenvalue weighted by molar-refractivity contribution is -0.130. The van der Waals surface area contributed by atoms with Crippen molar-refractivity contribution in [2.75, 3.05) is 44.7 Å². The number of benzene rings is 1. The number of anilines is 1. The Kier molecular flexibility index (Phi) is 6.45. The van der Waals surface area contributed by atoms with Gasteiger partial charge in [0, 0.05) is 58.4 Å². The van der Waals surface area contributed by atoms with E-state index in [0.717, 1.165) is 45.1 Å². The Morgan fingerprint density at radius 1 is 1.22 bits per heavy atom. The van der Waals surface area contributed by atoms with Gasteiger partial charge in [0.25, 0.3) is 0 Å².